The van der Waals surface area contributed by atoms with Crippen molar-refractivity contribution in [3.8, 4) is 5.75 Å². The number of ketones is 2. The zero-order valence-corrected chi connectivity index (χ0v) is 47.5. The highest BCUT2D eigenvalue weighted by molar-refractivity contribution is 7.89. The molecule has 4 rings (SSSR count). The monoisotopic (exact) mass is 1150 g/mol. The van der Waals surface area contributed by atoms with E-state index < -0.39 is 21.6 Å². The molecule has 0 saturated heterocycles. The average molecular weight is 1150 g/mol. The SMILES string of the molecule is CC(=O)Nc1nc(S(=O)(=O)NCCC(=O)NCCCOCCOCCOCCCNC(=O)c2cc3ccc(C)cc3oc2=O)c(C)s1.COCC(=O)CCCOCCOCCOCCOCCC(=O)CCCc1ccc(O)cc1. The molecule has 5 N–H and O–H groups in total. The van der Waals surface area contributed by atoms with Crippen molar-refractivity contribution in [3.63, 3.8) is 0 Å². The molecule has 79 heavy (non-hydrogen) atoms. The van der Waals surface area contributed by atoms with E-state index in [1.807, 2.05) is 25.1 Å². The number of nitrogens with zero attached hydrogens (tertiary/aromatic N) is 1. The fourth-order valence-corrected chi connectivity index (χ4v) is 9.28. The van der Waals surface area contributed by atoms with Crippen LogP contribution in [0.1, 0.15) is 84.7 Å². The van der Waals surface area contributed by atoms with Gasteiger partial charge in [0.2, 0.25) is 11.8 Å². The van der Waals surface area contributed by atoms with Crippen molar-refractivity contribution in [1.82, 2.24) is 20.3 Å². The maximum Gasteiger partial charge on any atom is 0.349 e. The number of ether oxygens (including phenoxy) is 8. The Hall–Kier alpha value is -5.58. The number of hydrogen-bond donors (Lipinski definition) is 5. The summed E-state index contributed by atoms with van der Waals surface area (Å²) in [6.45, 7) is 11.7. The molecule has 25 heteroatoms. The van der Waals surface area contributed by atoms with Gasteiger partial charge in [-0.2, -0.15) is 0 Å². The van der Waals surface area contributed by atoms with E-state index in [9.17, 15) is 42.3 Å². The Labute approximate surface area is 466 Å². The number of hydrogen-bond acceptors (Lipinski definition) is 20. The van der Waals surface area contributed by atoms with E-state index in [1.165, 1.54) is 20.1 Å². The van der Waals surface area contributed by atoms with Gasteiger partial charge in [-0.25, -0.2) is 22.9 Å². The molecular weight excluding hydrogens is 1070 g/mol. The Bertz CT molecular complexity index is 2590. The van der Waals surface area contributed by atoms with Crippen molar-refractivity contribution >= 4 is 66.7 Å². The topological polar surface area (TPSA) is 305 Å². The summed E-state index contributed by atoms with van der Waals surface area (Å²) in [6.07, 6.45) is 4.83. The lowest BCUT2D eigenvalue weighted by molar-refractivity contribution is -0.123. The second-order valence-electron chi connectivity index (χ2n) is 17.7. The number of phenolic OH excluding ortho intramolecular Hbond substituents is 1. The molecule has 23 nitrogen and oxygen atoms in total. The number of fused-ring (bicyclic) bond motifs is 1. The molecule has 440 valence electrons. The Kier molecular flexibility index (Phi) is 34.8. The van der Waals surface area contributed by atoms with Gasteiger partial charge in [-0.05, 0) is 81.3 Å². The molecule has 2 aromatic carbocycles. The molecule has 3 amide bonds. The van der Waals surface area contributed by atoms with Crippen molar-refractivity contribution < 1.29 is 79.8 Å². The molecule has 4 aromatic rings. The van der Waals surface area contributed by atoms with E-state index in [-0.39, 0.29) is 64.4 Å². The van der Waals surface area contributed by atoms with Crippen molar-refractivity contribution in [3.05, 3.63) is 80.5 Å². The molecule has 0 fully saturated rings. The normalized spacial score (nSPS) is 11.3. The van der Waals surface area contributed by atoms with E-state index in [1.54, 1.807) is 31.2 Å². The summed E-state index contributed by atoms with van der Waals surface area (Å²) in [6, 6.07) is 14.0. The highest BCUT2D eigenvalue weighted by Crippen LogP contribution is 2.25. The summed E-state index contributed by atoms with van der Waals surface area (Å²) in [5.41, 5.74) is 1.81. The Morgan fingerprint density at radius 2 is 1.20 bits per heavy atom. The van der Waals surface area contributed by atoms with Crippen LogP contribution < -0.4 is 26.3 Å². The van der Waals surface area contributed by atoms with Crippen LogP contribution in [0.15, 0.2) is 62.8 Å². The quantitative estimate of drug-likeness (QED) is 0.0299. The van der Waals surface area contributed by atoms with E-state index in [2.05, 4.69) is 25.7 Å². The third-order valence-corrected chi connectivity index (χ3v) is 13.4. The summed E-state index contributed by atoms with van der Waals surface area (Å²) < 4.78 is 75.4. The summed E-state index contributed by atoms with van der Waals surface area (Å²) in [4.78, 5) is 75.2. The number of aromatic nitrogens is 1. The third-order valence-electron chi connectivity index (χ3n) is 10.9. The minimum absolute atomic E-state index is 0.0368. The molecule has 0 aliphatic heterocycles. The number of sulfonamides is 1. The molecule has 0 aliphatic carbocycles. The molecule has 0 radical (unpaired) electrons. The third kappa shape index (κ3) is 31.1. The number of aryl methyl sites for hydroxylation is 3. The first-order chi connectivity index (χ1) is 38.1. The predicted molar refractivity (Wildman–Crippen MR) is 295 cm³/mol. The van der Waals surface area contributed by atoms with Gasteiger partial charge in [0.1, 0.15) is 29.3 Å². The molecule has 0 unspecified atom stereocenters. The van der Waals surface area contributed by atoms with E-state index >= 15 is 0 Å². The first kappa shape index (κ1) is 67.7. The van der Waals surface area contributed by atoms with Gasteiger partial charge in [0.15, 0.2) is 15.9 Å². The number of nitrogens with one attached hydrogen (secondary N) is 4. The Morgan fingerprint density at radius 3 is 1.80 bits per heavy atom. The lowest BCUT2D eigenvalue weighted by Crippen LogP contribution is -2.32. The molecule has 0 atom stereocenters. The summed E-state index contributed by atoms with van der Waals surface area (Å²) in [7, 11) is -2.41. The number of thiazole rings is 1. The maximum absolute atomic E-state index is 12.5. The van der Waals surface area contributed by atoms with Crippen LogP contribution in [0.3, 0.4) is 0 Å². The van der Waals surface area contributed by atoms with Gasteiger partial charge in [0.25, 0.3) is 15.9 Å². The van der Waals surface area contributed by atoms with Crippen LogP contribution in [0.5, 0.6) is 5.75 Å². The standard InChI is InChI=1S/C30H41N5O10S2.C24H38O8/c1-20-6-7-23-19-24(29(39)45-25(23)18-20)27(38)32-10-5-13-43-15-17-44-16-14-42-12-4-9-31-26(37)8-11-33-47(40,41)28-21(2)46-30(35-28)34-22(3)36;1-28-20-24(27)6-3-12-29-14-16-31-18-19-32-17-15-30-13-11-22(25)5-2-4-21-7-9-23(26)10-8-21/h6-7,18-19,33H,4-5,8-17H2,1-3H3,(H,31,37)(H,32,38)(H,34,35,36);7-10,26H,2-6,11-20H2,1H3. The molecular formula is C54H79N5O18S2. The zero-order valence-electron chi connectivity index (χ0n) is 45.9. The summed E-state index contributed by atoms with van der Waals surface area (Å²) in [5, 5.41) is 17.8. The minimum Gasteiger partial charge on any atom is -0.508 e. The smallest absolute Gasteiger partial charge is 0.349 e. The minimum atomic E-state index is -3.92. The Morgan fingerprint density at radius 1 is 0.646 bits per heavy atom. The maximum atomic E-state index is 12.5. The van der Waals surface area contributed by atoms with Crippen molar-refractivity contribution in [1.29, 1.82) is 0 Å². The van der Waals surface area contributed by atoms with Crippen LogP contribution in [-0.2, 0) is 73.5 Å². The van der Waals surface area contributed by atoms with Crippen molar-refractivity contribution in [2.45, 2.75) is 83.6 Å². The number of phenols is 1. The van der Waals surface area contributed by atoms with Gasteiger partial charge in [0.05, 0.1) is 72.7 Å². The van der Waals surface area contributed by atoms with Gasteiger partial charge in [-0.3, -0.25) is 24.0 Å². The average Bonchev–Trinajstić information content (AvgIpc) is 3.78. The predicted octanol–water partition coefficient (Wildman–Crippen LogP) is 4.61. The Balaban J connectivity index is 0.000000448. The van der Waals surface area contributed by atoms with E-state index in [0.29, 0.717) is 160 Å². The van der Waals surface area contributed by atoms with Crippen LogP contribution in [0.25, 0.3) is 11.0 Å². The van der Waals surface area contributed by atoms with Gasteiger partial charge in [-0.1, -0.05) is 24.3 Å². The number of Topliss-reactive ketones (excluding diaryl/α,β-unsaturated/α-hetero) is 2. The van der Waals surface area contributed by atoms with E-state index in [4.69, 9.17) is 42.3 Å². The summed E-state index contributed by atoms with van der Waals surface area (Å²) >= 11 is 1.05. The largest absolute Gasteiger partial charge is 0.508 e. The number of carbonyl (C=O) groups excluding carboxylic acids is 5. The van der Waals surface area contributed by atoms with Crippen LogP contribution in [0, 0.1) is 13.8 Å². The fourth-order valence-electron chi connectivity index (χ4n) is 6.91. The number of amides is 3. The lowest BCUT2D eigenvalue weighted by Gasteiger charge is -2.08. The van der Waals surface area contributed by atoms with Crippen LogP contribution in [0.2, 0.25) is 0 Å². The number of anilines is 1. The second kappa shape index (κ2) is 40.6. The number of rotatable bonds is 43. The van der Waals surface area contributed by atoms with Crippen molar-refractivity contribution in [2.75, 3.05) is 131 Å². The van der Waals surface area contributed by atoms with Gasteiger partial charge in [0, 0.05) is 89.4 Å². The molecule has 0 spiro atoms. The fraction of sp³-hybridized carbons (Fsp3) is 0.574. The lowest BCUT2D eigenvalue weighted by atomic mass is 10.1. The number of carbonyl (C=O) groups is 5. The summed E-state index contributed by atoms with van der Waals surface area (Å²) in [5.74, 6) is -0.613. The van der Waals surface area contributed by atoms with Gasteiger partial charge >= 0.3 is 5.63 Å². The van der Waals surface area contributed by atoms with Gasteiger partial charge in [-0.15, -0.1) is 11.3 Å². The molecule has 0 bridgehead atoms. The molecule has 0 saturated carbocycles. The zero-order chi connectivity index (χ0) is 57.5. The van der Waals surface area contributed by atoms with Crippen LogP contribution >= 0.6 is 11.3 Å². The molecule has 2 heterocycles. The number of benzene rings is 2. The number of aromatic hydroxyl groups is 1. The second-order valence-corrected chi connectivity index (χ2v) is 20.6. The molecule has 2 aromatic heterocycles. The van der Waals surface area contributed by atoms with E-state index in [0.717, 1.165) is 35.3 Å². The van der Waals surface area contributed by atoms with Crippen LogP contribution in [-0.4, -0.2) is 174 Å². The van der Waals surface area contributed by atoms with Crippen LogP contribution in [0.4, 0.5) is 5.13 Å². The van der Waals surface area contributed by atoms with Crippen molar-refractivity contribution in [2.24, 2.45) is 0 Å². The number of methoxy groups -OCH3 is 1. The highest BCUT2D eigenvalue weighted by atomic mass is 32.2. The highest BCUT2D eigenvalue weighted by Gasteiger charge is 2.22. The van der Waals surface area contributed by atoms with Gasteiger partial charge < -0.3 is 63.4 Å². The first-order valence-electron chi connectivity index (χ1n) is 26.3. The first-order valence-corrected chi connectivity index (χ1v) is 28.6. The molecule has 0 aliphatic rings.